The molecule has 7 heteroatoms. The molecule has 88 valence electrons. The second kappa shape index (κ2) is 5.11. The SMILES string of the molecule is O=[N+]([O-])c1cccc(NCc2ncc(Cl)s2)c1. The second-order valence-corrected chi connectivity index (χ2v) is 4.97. The summed E-state index contributed by atoms with van der Waals surface area (Å²) in [5.41, 5.74) is 0.748. The van der Waals surface area contributed by atoms with E-state index in [-0.39, 0.29) is 5.69 Å². The minimum Gasteiger partial charge on any atom is -0.378 e. The summed E-state index contributed by atoms with van der Waals surface area (Å²) in [6.45, 7) is 0.499. The lowest BCUT2D eigenvalue weighted by atomic mass is 10.3. The van der Waals surface area contributed by atoms with Crippen molar-refractivity contribution in [2.45, 2.75) is 6.54 Å². The number of halogens is 1. The van der Waals surface area contributed by atoms with Crippen LogP contribution in [-0.4, -0.2) is 9.91 Å². The molecule has 17 heavy (non-hydrogen) atoms. The van der Waals surface area contributed by atoms with Crippen LogP contribution in [0.15, 0.2) is 30.5 Å². The van der Waals surface area contributed by atoms with Crippen molar-refractivity contribution in [3.63, 3.8) is 0 Å². The smallest absolute Gasteiger partial charge is 0.271 e. The number of aromatic nitrogens is 1. The van der Waals surface area contributed by atoms with Gasteiger partial charge in [-0.25, -0.2) is 4.98 Å². The molecule has 0 aliphatic heterocycles. The molecule has 0 aliphatic rings. The molecule has 1 aromatic carbocycles. The van der Waals surface area contributed by atoms with Crippen molar-refractivity contribution in [1.29, 1.82) is 0 Å². The lowest BCUT2D eigenvalue weighted by Crippen LogP contribution is -1.99. The fourth-order valence-corrected chi connectivity index (χ4v) is 2.17. The molecule has 0 unspecified atom stereocenters. The number of nitro benzene ring substituents is 1. The molecule has 5 nitrogen and oxygen atoms in total. The van der Waals surface area contributed by atoms with Gasteiger partial charge in [-0.3, -0.25) is 10.1 Å². The van der Waals surface area contributed by atoms with Crippen molar-refractivity contribution < 1.29 is 4.92 Å². The van der Waals surface area contributed by atoms with Crippen molar-refractivity contribution >= 4 is 34.3 Å². The molecule has 0 saturated heterocycles. The van der Waals surface area contributed by atoms with E-state index in [9.17, 15) is 10.1 Å². The third kappa shape index (κ3) is 3.15. The Morgan fingerprint density at radius 1 is 1.53 bits per heavy atom. The van der Waals surface area contributed by atoms with E-state index >= 15 is 0 Å². The van der Waals surface area contributed by atoms with E-state index in [4.69, 9.17) is 11.6 Å². The van der Waals surface area contributed by atoms with Gasteiger partial charge in [0.15, 0.2) is 0 Å². The minimum atomic E-state index is -0.425. The van der Waals surface area contributed by atoms with Gasteiger partial charge in [0.25, 0.3) is 5.69 Å². The van der Waals surface area contributed by atoms with Crippen LogP contribution in [-0.2, 0) is 6.54 Å². The molecule has 2 rings (SSSR count). The Kier molecular flexibility index (Phi) is 3.55. The van der Waals surface area contributed by atoms with E-state index in [0.717, 1.165) is 5.01 Å². The summed E-state index contributed by atoms with van der Waals surface area (Å²) in [5, 5.41) is 14.5. The number of rotatable bonds is 4. The predicted molar refractivity (Wildman–Crippen MR) is 67.5 cm³/mol. The van der Waals surface area contributed by atoms with E-state index in [0.29, 0.717) is 16.6 Å². The summed E-state index contributed by atoms with van der Waals surface area (Å²) < 4.78 is 0.626. The highest BCUT2D eigenvalue weighted by Crippen LogP contribution is 2.21. The molecule has 0 fully saturated rings. The quantitative estimate of drug-likeness (QED) is 0.683. The molecule has 0 amide bonds. The van der Waals surface area contributed by atoms with Gasteiger partial charge in [-0.2, -0.15) is 0 Å². The molecule has 0 bridgehead atoms. The molecular formula is C10H8ClN3O2S. The largest absolute Gasteiger partial charge is 0.378 e. The average Bonchev–Trinajstić information content (AvgIpc) is 2.73. The van der Waals surface area contributed by atoms with E-state index in [1.807, 2.05) is 0 Å². The summed E-state index contributed by atoms with van der Waals surface area (Å²) in [6.07, 6.45) is 1.58. The number of anilines is 1. The van der Waals surface area contributed by atoms with Crippen LogP contribution in [0.5, 0.6) is 0 Å². The van der Waals surface area contributed by atoms with Gasteiger partial charge >= 0.3 is 0 Å². The number of nitrogens with zero attached hydrogens (tertiary/aromatic N) is 2. The molecule has 0 saturated carbocycles. The van der Waals surface area contributed by atoms with E-state index in [1.54, 1.807) is 18.3 Å². The first-order valence-electron chi connectivity index (χ1n) is 4.73. The maximum atomic E-state index is 10.6. The number of hydrogen-bond acceptors (Lipinski definition) is 5. The van der Waals surface area contributed by atoms with Gasteiger partial charge in [0.2, 0.25) is 0 Å². The maximum absolute atomic E-state index is 10.6. The topological polar surface area (TPSA) is 68.1 Å². The molecule has 1 heterocycles. The zero-order chi connectivity index (χ0) is 12.3. The van der Waals surface area contributed by atoms with Crippen molar-refractivity contribution in [3.05, 3.63) is 49.9 Å². The Morgan fingerprint density at radius 3 is 3.00 bits per heavy atom. The summed E-state index contributed by atoms with van der Waals surface area (Å²) >= 11 is 7.12. The van der Waals surface area contributed by atoms with Crippen LogP contribution in [0.1, 0.15) is 5.01 Å². The first-order chi connectivity index (χ1) is 8.15. The van der Waals surface area contributed by atoms with Gasteiger partial charge in [-0.05, 0) is 6.07 Å². The van der Waals surface area contributed by atoms with Crippen LogP contribution in [0.2, 0.25) is 4.34 Å². The summed E-state index contributed by atoms with van der Waals surface area (Å²) in [6, 6.07) is 6.33. The molecule has 0 aliphatic carbocycles. The molecule has 0 spiro atoms. The number of non-ortho nitro benzene ring substituents is 1. The highest BCUT2D eigenvalue weighted by molar-refractivity contribution is 7.15. The predicted octanol–water partition coefficient (Wildman–Crippen LogP) is 3.32. The fourth-order valence-electron chi connectivity index (χ4n) is 1.28. The van der Waals surface area contributed by atoms with Crippen molar-refractivity contribution in [2.75, 3.05) is 5.32 Å². The number of nitrogens with one attached hydrogen (secondary N) is 1. The maximum Gasteiger partial charge on any atom is 0.271 e. The van der Waals surface area contributed by atoms with Gasteiger partial charge in [0.1, 0.15) is 9.34 Å². The highest BCUT2D eigenvalue weighted by atomic mass is 35.5. The lowest BCUT2D eigenvalue weighted by Gasteiger charge is -2.03. The Labute approximate surface area is 106 Å². The third-order valence-electron chi connectivity index (χ3n) is 2.03. The van der Waals surface area contributed by atoms with Crippen LogP contribution in [0.25, 0.3) is 0 Å². The van der Waals surface area contributed by atoms with Crippen LogP contribution < -0.4 is 5.32 Å². The summed E-state index contributed by atoms with van der Waals surface area (Å²) in [4.78, 5) is 14.2. The number of nitro groups is 1. The molecule has 0 radical (unpaired) electrons. The van der Waals surface area contributed by atoms with Crippen molar-refractivity contribution in [1.82, 2.24) is 4.98 Å². The van der Waals surface area contributed by atoms with Crippen LogP contribution in [0, 0.1) is 10.1 Å². The Hall–Kier alpha value is -1.66. The van der Waals surface area contributed by atoms with E-state index < -0.39 is 4.92 Å². The molecule has 2 aromatic rings. The normalized spacial score (nSPS) is 10.2. The number of benzene rings is 1. The highest BCUT2D eigenvalue weighted by Gasteiger charge is 2.06. The summed E-state index contributed by atoms with van der Waals surface area (Å²) in [7, 11) is 0. The second-order valence-electron chi connectivity index (χ2n) is 3.22. The average molecular weight is 270 g/mol. The molecule has 1 N–H and O–H groups in total. The van der Waals surface area contributed by atoms with Crippen molar-refractivity contribution in [2.24, 2.45) is 0 Å². The first kappa shape index (κ1) is 11.8. The van der Waals surface area contributed by atoms with Gasteiger partial charge in [0.05, 0.1) is 17.7 Å². The van der Waals surface area contributed by atoms with Crippen LogP contribution >= 0.6 is 22.9 Å². The van der Waals surface area contributed by atoms with Crippen molar-refractivity contribution in [3.8, 4) is 0 Å². The van der Waals surface area contributed by atoms with E-state index in [1.165, 1.54) is 23.5 Å². The summed E-state index contributed by atoms with van der Waals surface area (Å²) in [5.74, 6) is 0. The molecule has 1 aromatic heterocycles. The zero-order valence-electron chi connectivity index (χ0n) is 8.59. The molecule has 0 atom stereocenters. The molecular weight excluding hydrogens is 262 g/mol. The lowest BCUT2D eigenvalue weighted by molar-refractivity contribution is -0.384. The number of thiazole rings is 1. The Balaban J connectivity index is 2.04. The number of hydrogen-bond donors (Lipinski definition) is 1. The monoisotopic (exact) mass is 269 g/mol. The standard InChI is InChI=1S/C10H8ClN3O2S/c11-9-5-13-10(17-9)6-12-7-2-1-3-8(4-7)14(15)16/h1-5,12H,6H2. The fraction of sp³-hybridized carbons (Fsp3) is 0.100. The van der Waals surface area contributed by atoms with Gasteiger partial charge < -0.3 is 5.32 Å². The van der Waals surface area contributed by atoms with Crippen LogP contribution in [0.3, 0.4) is 0 Å². The van der Waals surface area contributed by atoms with Crippen LogP contribution in [0.4, 0.5) is 11.4 Å². The first-order valence-corrected chi connectivity index (χ1v) is 5.93. The van der Waals surface area contributed by atoms with Gasteiger partial charge in [-0.1, -0.05) is 17.7 Å². The van der Waals surface area contributed by atoms with Gasteiger partial charge in [-0.15, -0.1) is 11.3 Å². The minimum absolute atomic E-state index is 0.0622. The zero-order valence-corrected chi connectivity index (χ0v) is 10.2. The van der Waals surface area contributed by atoms with Gasteiger partial charge in [0, 0.05) is 17.8 Å². The third-order valence-corrected chi connectivity index (χ3v) is 3.14. The Morgan fingerprint density at radius 2 is 2.35 bits per heavy atom. The Bertz CT molecular complexity index is 544. The van der Waals surface area contributed by atoms with E-state index in [2.05, 4.69) is 10.3 Å².